The van der Waals surface area contributed by atoms with E-state index in [0.29, 0.717) is 25.3 Å². The van der Waals surface area contributed by atoms with Gasteiger partial charge in [-0.3, -0.25) is 14.5 Å². The van der Waals surface area contributed by atoms with Crippen LogP contribution >= 0.6 is 0 Å². The fourth-order valence-electron chi connectivity index (χ4n) is 3.76. The van der Waals surface area contributed by atoms with E-state index in [1.54, 1.807) is 29.2 Å². The van der Waals surface area contributed by atoms with Gasteiger partial charge in [0.2, 0.25) is 5.91 Å². The lowest BCUT2D eigenvalue weighted by molar-refractivity contribution is -0.141. The molecule has 1 amide bonds. The highest BCUT2D eigenvalue weighted by molar-refractivity contribution is 7.90. The zero-order valence-electron chi connectivity index (χ0n) is 17.0. The van der Waals surface area contributed by atoms with Crippen molar-refractivity contribution >= 4 is 21.8 Å². The predicted octanol–water partition coefficient (Wildman–Crippen LogP) is 2.35. The van der Waals surface area contributed by atoms with Gasteiger partial charge in [-0.25, -0.2) is 8.42 Å². The maximum absolute atomic E-state index is 13.4. The number of nitrogens with zero attached hydrogens (tertiary/aromatic N) is 2. The average molecular weight is 428 g/mol. The first-order chi connectivity index (χ1) is 14.4. The molecule has 0 aromatic heterocycles. The summed E-state index contributed by atoms with van der Waals surface area (Å²) in [6.45, 7) is 5.20. The molecule has 0 bridgehead atoms. The summed E-state index contributed by atoms with van der Waals surface area (Å²) in [5.74, 6) is 0.0103. The van der Waals surface area contributed by atoms with Gasteiger partial charge in [-0.05, 0) is 23.6 Å². The molecule has 0 spiro atoms. The molecule has 1 N–H and O–H groups in total. The van der Waals surface area contributed by atoms with E-state index in [1.807, 2.05) is 44.2 Å². The highest BCUT2D eigenvalue weighted by Crippen LogP contribution is 2.26. The molecule has 0 saturated carbocycles. The van der Waals surface area contributed by atoms with Gasteiger partial charge in [-0.2, -0.15) is 0 Å². The van der Waals surface area contributed by atoms with E-state index < -0.39 is 16.1 Å². The third kappa shape index (κ3) is 3.97. The number of carbonyl (C=O) groups excluding carboxylic acids is 1. The van der Waals surface area contributed by atoms with Gasteiger partial charge in [0.25, 0.3) is 10.0 Å². The van der Waals surface area contributed by atoms with Crippen molar-refractivity contribution < 1.29 is 17.9 Å². The molecule has 4 rings (SSSR count). The lowest BCUT2D eigenvalue weighted by Crippen LogP contribution is -2.48. The van der Waals surface area contributed by atoms with E-state index in [0.717, 1.165) is 5.56 Å². The fourth-order valence-corrected chi connectivity index (χ4v) is 5.00. The number of fused-ring (bicyclic) bond motifs is 1. The van der Waals surface area contributed by atoms with Gasteiger partial charge in [0.05, 0.1) is 18.0 Å². The Morgan fingerprint density at radius 2 is 1.83 bits per heavy atom. The summed E-state index contributed by atoms with van der Waals surface area (Å²) in [6, 6.07) is 15.8. The topological polar surface area (TPSA) is 88.1 Å². The molecule has 8 heteroatoms. The number of rotatable bonds is 4. The van der Waals surface area contributed by atoms with Crippen molar-refractivity contribution in [3.8, 4) is 0 Å². The van der Waals surface area contributed by atoms with Crippen molar-refractivity contribution in [2.75, 3.05) is 19.7 Å². The summed E-state index contributed by atoms with van der Waals surface area (Å²) in [5, 5.41) is 0. The summed E-state index contributed by atoms with van der Waals surface area (Å²) >= 11 is 0. The molecule has 0 unspecified atom stereocenters. The Hall–Kier alpha value is -2.71. The number of benzene rings is 2. The molecule has 7 nitrogen and oxygen atoms in total. The largest absolute Gasteiger partial charge is 0.370 e. The Morgan fingerprint density at radius 3 is 2.57 bits per heavy atom. The smallest absolute Gasteiger partial charge is 0.263 e. The maximum Gasteiger partial charge on any atom is 0.263 e. The molecule has 0 aliphatic carbocycles. The molecule has 1 fully saturated rings. The summed E-state index contributed by atoms with van der Waals surface area (Å²) < 4.78 is 33.1. The van der Waals surface area contributed by atoms with Gasteiger partial charge < -0.3 is 9.64 Å². The second-order valence-corrected chi connectivity index (χ2v) is 9.47. The molecule has 0 radical (unpaired) electrons. The summed E-state index contributed by atoms with van der Waals surface area (Å²) in [5.41, 5.74) is 1.53. The minimum Gasteiger partial charge on any atom is -0.370 e. The van der Waals surface area contributed by atoms with Gasteiger partial charge in [-0.1, -0.05) is 56.3 Å². The van der Waals surface area contributed by atoms with Gasteiger partial charge in [0.15, 0.2) is 0 Å². The lowest BCUT2D eigenvalue weighted by atomic mass is 10.0. The zero-order chi connectivity index (χ0) is 21.3. The van der Waals surface area contributed by atoms with Crippen LogP contribution in [0, 0.1) is 5.92 Å². The number of hydrogen-bond acceptors (Lipinski definition) is 5. The first-order valence-corrected chi connectivity index (χ1v) is 11.5. The molecule has 2 aliphatic heterocycles. The van der Waals surface area contributed by atoms with Crippen LogP contribution in [0.2, 0.25) is 0 Å². The van der Waals surface area contributed by atoms with Crippen molar-refractivity contribution in [1.29, 1.82) is 0 Å². The Morgan fingerprint density at radius 1 is 1.13 bits per heavy atom. The SMILES string of the molecule is CC(C)[C@H](N=C1NS(=O)(=O)c2ccccc21)C(=O)N1CCO[C@H](c2ccccc2)C1. The number of nitrogens with one attached hydrogen (secondary N) is 1. The second-order valence-electron chi connectivity index (χ2n) is 7.82. The van der Waals surface area contributed by atoms with E-state index in [4.69, 9.17) is 4.74 Å². The van der Waals surface area contributed by atoms with Crippen LogP contribution < -0.4 is 4.72 Å². The Labute approximate surface area is 176 Å². The predicted molar refractivity (Wildman–Crippen MR) is 114 cm³/mol. The van der Waals surface area contributed by atoms with Crippen LogP contribution in [0.25, 0.3) is 0 Å². The molecule has 2 atom stereocenters. The summed E-state index contributed by atoms with van der Waals surface area (Å²) in [7, 11) is -3.65. The van der Waals surface area contributed by atoms with Crippen LogP contribution in [0.15, 0.2) is 64.5 Å². The number of carbonyl (C=O) groups is 1. The van der Waals surface area contributed by atoms with E-state index in [9.17, 15) is 13.2 Å². The van der Waals surface area contributed by atoms with Crippen molar-refractivity contribution in [2.24, 2.45) is 10.9 Å². The number of amidine groups is 1. The van der Waals surface area contributed by atoms with Gasteiger partial charge >= 0.3 is 0 Å². The number of amides is 1. The van der Waals surface area contributed by atoms with Gasteiger partial charge in [-0.15, -0.1) is 0 Å². The monoisotopic (exact) mass is 427 g/mol. The van der Waals surface area contributed by atoms with Crippen molar-refractivity contribution in [3.05, 3.63) is 65.7 Å². The van der Waals surface area contributed by atoms with Crippen LogP contribution in [0.5, 0.6) is 0 Å². The van der Waals surface area contributed by atoms with Crippen LogP contribution in [0.4, 0.5) is 0 Å². The molecule has 158 valence electrons. The molecule has 2 aromatic rings. The minimum absolute atomic E-state index is 0.0970. The summed E-state index contributed by atoms with van der Waals surface area (Å²) in [4.78, 5) is 19.9. The highest BCUT2D eigenvalue weighted by Gasteiger charge is 2.35. The molecular formula is C22H25N3O4S. The zero-order valence-corrected chi connectivity index (χ0v) is 17.8. The maximum atomic E-state index is 13.4. The highest BCUT2D eigenvalue weighted by atomic mass is 32.2. The number of aliphatic imine (C=N–C) groups is 1. The quantitative estimate of drug-likeness (QED) is 0.811. The Kier molecular flexibility index (Phi) is 5.62. The number of morpholine rings is 1. The van der Waals surface area contributed by atoms with E-state index in [2.05, 4.69) is 9.71 Å². The molecule has 2 aromatic carbocycles. The summed E-state index contributed by atoms with van der Waals surface area (Å²) in [6.07, 6.45) is -0.185. The lowest BCUT2D eigenvalue weighted by Gasteiger charge is -2.35. The van der Waals surface area contributed by atoms with E-state index in [1.165, 1.54) is 0 Å². The third-order valence-corrected chi connectivity index (χ3v) is 6.76. The van der Waals surface area contributed by atoms with Gasteiger partial charge in [0, 0.05) is 12.1 Å². The number of hydrogen-bond donors (Lipinski definition) is 1. The van der Waals surface area contributed by atoms with Gasteiger partial charge in [0.1, 0.15) is 18.0 Å². The van der Waals surface area contributed by atoms with Crippen LogP contribution in [0.1, 0.15) is 31.1 Å². The van der Waals surface area contributed by atoms with Crippen molar-refractivity contribution in [2.45, 2.75) is 30.9 Å². The Balaban J connectivity index is 1.59. The van der Waals surface area contributed by atoms with Crippen LogP contribution in [-0.2, 0) is 19.6 Å². The molecule has 1 saturated heterocycles. The normalized spacial score (nSPS) is 22.6. The number of ether oxygens (including phenoxy) is 1. The van der Waals surface area contributed by atoms with E-state index >= 15 is 0 Å². The van der Waals surface area contributed by atoms with E-state index in [-0.39, 0.29) is 28.7 Å². The second kappa shape index (κ2) is 8.20. The molecule has 2 aliphatic rings. The Bertz CT molecular complexity index is 1070. The molecule has 2 heterocycles. The standard InChI is InChI=1S/C22H25N3O4S/c1-15(2)20(23-21-17-10-6-7-11-19(17)30(27,28)24-21)22(26)25-12-13-29-18(14-25)16-8-4-3-5-9-16/h3-11,15,18,20H,12-14H2,1-2H3,(H,23,24)/t18-,20-/m0/s1. The minimum atomic E-state index is -3.65. The first-order valence-electron chi connectivity index (χ1n) is 10.0. The van der Waals surface area contributed by atoms with Crippen molar-refractivity contribution in [3.63, 3.8) is 0 Å². The number of sulfonamides is 1. The molecule has 30 heavy (non-hydrogen) atoms. The van der Waals surface area contributed by atoms with Crippen molar-refractivity contribution in [1.82, 2.24) is 9.62 Å². The first kappa shape index (κ1) is 20.6. The van der Waals surface area contributed by atoms with Crippen LogP contribution in [0.3, 0.4) is 0 Å². The average Bonchev–Trinajstić information content (AvgIpc) is 3.02. The fraction of sp³-hybridized carbons (Fsp3) is 0.364. The van der Waals surface area contributed by atoms with Crippen LogP contribution in [-0.4, -0.2) is 50.8 Å². The molecular weight excluding hydrogens is 402 g/mol. The third-order valence-electron chi connectivity index (χ3n) is 5.36.